The number of hydrogen-bond donors (Lipinski definition) is 3. The van der Waals surface area contributed by atoms with Gasteiger partial charge in [0.25, 0.3) is 0 Å². The van der Waals surface area contributed by atoms with Crippen LogP contribution in [0.5, 0.6) is 0 Å². The highest BCUT2D eigenvalue weighted by Gasteiger charge is 2.32. The Kier molecular flexibility index (Phi) is 2.80. The van der Waals surface area contributed by atoms with Gasteiger partial charge in [-0.15, -0.1) is 0 Å². The van der Waals surface area contributed by atoms with Crippen molar-refractivity contribution >= 4 is 17.0 Å². The first-order valence-electron chi connectivity index (χ1n) is 5.76. The van der Waals surface area contributed by atoms with E-state index in [-0.39, 0.29) is 12.4 Å². The van der Waals surface area contributed by atoms with E-state index in [0.29, 0.717) is 11.2 Å². The Hall–Kier alpha value is -2.19. The summed E-state index contributed by atoms with van der Waals surface area (Å²) in [5.74, 6) is 0.285. The van der Waals surface area contributed by atoms with E-state index in [9.17, 15) is 5.11 Å². The molecule has 8 nitrogen and oxygen atoms in total. The average molecular weight is 263 g/mol. The molecule has 4 N–H and O–H groups in total. The van der Waals surface area contributed by atoms with Crippen LogP contribution < -0.4 is 5.73 Å². The molecule has 2 aromatic heterocycles. The highest BCUT2D eigenvalue weighted by Crippen LogP contribution is 2.26. The Morgan fingerprint density at radius 2 is 2.21 bits per heavy atom. The van der Waals surface area contributed by atoms with E-state index in [2.05, 4.69) is 15.0 Å². The van der Waals surface area contributed by atoms with Gasteiger partial charge in [-0.1, -0.05) is 0 Å². The number of hydrogen-bond acceptors (Lipinski definition) is 7. The van der Waals surface area contributed by atoms with E-state index in [1.807, 2.05) is 0 Å². The molecule has 0 aromatic carbocycles. The normalized spacial score (nSPS) is 26.5. The number of ether oxygens (including phenoxy) is 1. The summed E-state index contributed by atoms with van der Waals surface area (Å²) in [6.45, 7) is -0.272. The van der Waals surface area contributed by atoms with E-state index in [1.165, 1.54) is 18.9 Å². The lowest BCUT2D eigenvalue weighted by Gasteiger charge is -2.30. The van der Waals surface area contributed by atoms with Crippen molar-refractivity contribution in [2.75, 3.05) is 12.3 Å². The molecule has 0 saturated heterocycles. The monoisotopic (exact) mass is 263 g/mol. The van der Waals surface area contributed by atoms with Crippen LogP contribution in [0.25, 0.3) is 11.2 Å². The van der Waals surface area contributed by atoms with Gasteiger partial charge < -0.3 is 25.3 Å². The second-order valence-electron chi connectivity index (χ2n) is 4.25. The largest absolute Gasteiger partial charge is 0.493 e. The predicted octanol–water partition coefficient (Wildman–Crippen LogP) is -0.785. The maximum absolute atomic E-state index is 10.2. The molecule has 0 amide bonds. The summed E-state index contributed by atoms with van der Waals surface area (Å²) in [7, 11) is 0. The lowest BCUT2D eigenvalue weighted by molar-refractivity contribution is -0.0503. The first kappa shape index (κ1) is 11.9. The summed E-state index contributed by atoms with van der Waals surface area (Å²) >= 11 is 0. The Morgan fingerprint density at radius 1 is 1.37 bits per heavy atom. The highest BCUT2D eigenvalue weighted by atomic mass is 16.5. The molecule has 0 radical (unpaired) electrons. The Labute approximate surface area is 108 Å². The molecule has 0 saturated carbocycles. The number of imidazole rings is 1. The van der Waals surface area contributed by atoms with E-state index >= 15 is 0 Å². The van der Waals surface area contributed by atoms with Gasteiger partial charge in [-0.2, -0.15) is 0 Å². The average Bonchev–Trinajstić information content (AvgIpc) is 2.84. The molecule has 100 valence electrons. The molecular weight excluding hydrogens is 250 g/mol. The molecule has 1 aliphatic heterocycles. The summed E-state index contributed by atoms with van der Waals surface area (Å²) in [6, 6.07) is -0.426. The molecule has 0 fully saturated rings. The smallest absolute Gasteiger partial charge is 0.166 e. The quantitative estimate of drug-likeness (QED) is 0.649. The number of rotatable bonds is 2. The Morgan fingerprint density at radius 3 is 3.00 bits per heavy atom. The lowest BCUT2D eigenvalue weighted by atomic mass is 10.0. The van der Waals surface area contributed by atoms with Crippen LogP contribution in [-0.2, 0) is 4.74 Å². The molecule has 2 aromatic rings. The van der Waals surface area contributed by atoms with Gasteiger partial charge in [-0.3, -0.25) is 0 Å². The van der Waals surface area contributed by atoms with Gasteiger partial charge in [0.15, 0.2) is 11.5 Å². The molecule has 3 heterocycles. The third kappa shape index (κ3) is 1.81. The zero-order valence-electron chi connectivity index (χ0n) is 9.92. The minimum atomic E-state index is -0.899. The van der Waals surface area contributed by atoms with Crippen molar-refractivity contribution in [1.29, 1.82) is 0 Å². The van der Waals surface area contributed by atoms with Gasteiger partial charge in [-0.25, -0.2) is 15.0 Å². The second-order valence-corrected chi connectivity index (χ2v) is 4.25. The fourth-order valence-corrected chi connectivity index (χ4v) is 2.14. The third-order valence-corrected chi connectivity index (χ3v) is 3.15. The van der Waals surface area contributed by atoms with Crippen LogP contribution in [0.2, 0.25) is 0 Å². The molecule has 3 rings (SSSR count). The van der Waals surface area contributed by atoms with E-state index < -0.39 is 18.2 Å². The fourth-order valence-electron chi connectivity index (χ4n) is 2.14. The van der Waals surface area contributed by atoms with Gasteiger partial charge in [0, 0.05) is 0 Å². The summed E-state index contributed by atoms with van der Waals surface area (Å²) in [5, 5.41) is 19.3. The topological polar surface area (TPSA) is 119 Å². The van der Waals surface area contributed by atoms with Crippen molar-refractivity contribution in [1.82, 2.24) is 19.5 Å². The maximum atomic E-state index is 10.2. The maximum Gasteiger partial charge on any atom is 0.166 e. The number of fused-ring (bicyclic) bond motifs is 1. The predicted molar refractivity (Wildman–Crippen MR) is 65.9 cm³/mol. The summed E-state index contributed by atoms with van der Waals surface area (Å²) in [4.78, 5) is 12.1. The number of nitrogens with two attached hydrogens (primary N) is 1. The lowest BCUT2D eigenvalue weighted by Crippen LogP contribution is -2.40. The van der Waals surface area contributed by atoms with E-state index in [4.69, 9.17) is 15.6 Å². The van der Waals surface area contributed by atoms with Crippen molar-refractivity contribution < 1.29 is 14.9 Å². The summed E-state index contributed by atoms with van der Waals surface area (Å²) in [6.07, 6.45) is 4.43. The standard InChI is InChI=1S/C11H13N5O3/c12-10-8-11(14-4-13-10)16(5-15-8)6-1-2-19-7(3-17)9(6)18/h1-2,4-7,9,17-18H,3H2,(H2,12,13,14)/t6-,7+,9+/m0/s1. The van der Waals surface area contributed by atoms with Crippen molar-refractivity contribution in [3.05, 3.63) is 25.0 Å². The minimum Gasteiger partial charge on any atom is -0.493 e. The van der Waals surface area contributed by atoms with Crippen LogP contribution in [0, 0.1) is 0 Å². The third-order valence-electron chi connectivity index (χ3n) is 3.15. The summed E-state index contributed by atoms with van der Waals surface area (Å²) in [5.41, 5.74) is 6.72. The van der Waals surface area contributed by atoms with Crippen LogP contribution in [0.3, 0.4) is 0 Å². The van der Waals surface area contributed by atoms with Gasteiger partial charge in [0.2, 0.25) is 0 Å². The Balaban J connectivity index is 2.07. The van der Waals surface area contributed by atoms with Crippen LogP contribution in [-0.4, -0.2) is 48.5 Å². The first-order valence-corrected chi connectivity index (χ1v) is 5.76. The number of aliphatic hydroxyl groups excluding tert-OH is 2. The zero-order valence-corrected chi connectivity index (χ0v) is 9.92. The highest BCUT2D eigenvalue weighted by molar-refractivity contribution is 5.81. The molecule has 8 heteroatoms. The van der Waals surface area contributed by atoms with Gasteiger partial charge in [0.1, 0.15) is 24.1 Å². The van der Waals surface area contributed by atoms with Gasteiger partial charge in [-0.05, 0) is 6.08 Å². The van der Waals surface area contributed by atoms with Crippen molar-refractivity contribution in [2.24, 2.45) is 0 Å². The zero-order chi connectivity index (χ0) is 13.4. The molecule has 0 unspecified atom stereocenters. The first-order chi connectivity index (χ1) is 9.22. The van der Waals surface area contributed by atoms with Crippen molar-refractivity contribution in [3.8, 4) is 0 Å². The van der Waals surface area contributed by atoms with Gasteiger partial charge in [0.05, 0.1) is 25.2 Å². The Bertz CT molecular complexity index is 626. The molecule has 0 bridgehead atoms. The molecular formula is C11H13N5O3. The fraction of sp³-hybridized carbons (Fsp3) is 0.364. The number of aromatic nitrogens is 4. The van der Waals surface area contributed by atoms with Crippen LogP contribution >= 0.6 is 0 Å². The van der Waals surface area contributed by atoms with E-state index in [0.717, 1.165) is 0 Å². The SMILES string of the molecule is Nc1ncnc2c1ncn2[C@H]1C=CO[C@H](CO)[C@@H]1O. The molecule has 3 atom stereocenters. The minimum absolute atomic E-state index is 0.272. The van der Waals surface area contributed by atoms with Crippen LogP contribution in [0.4, 0.5) is 5.82 Å². The van der Waals surface area contributed by atoms with Crippen LogP contribution in [0.15, 0.2) is 25.0 Å². The van der Waals surface area contributed by atoms with Gasteiger partial charge >= 0.3 is 0 Å². The number of nitrogen functional groups attached to an aromatic ring is 1. The molecule has 1 aliphatic rings. The molecule has 0 aliphatic carbocycles. The number of anilines is 1. The van der Waals surface area contributed by atoms with E-state index in [1.54, 1.807) is 10.6 Å². The number of aliphatic hydroxyl groups is 2. The molecule has 0 spiro atoms. The van der Waals surface area contributed by atoms with Crippen molar-refractivity contribution in [3.63, 3.8) is 0 Å². The van der Waals surface area contributed by atoms with Crippen LogP contribution in [0.1, 0.15) is 6.04 Å². The number of nitrogens with zero attached hydrogens (tertiary/aromatic N) is 4. The molecule has 19 heavy (non-hydrogen) atoms. The second kappa shape index (κ2) is 4.48. The summed E-state index contributed by atoms with van der Waals surface area (Å²) < 4.78 is 6.81. The van der Waals surface area contributed by atoms with Crippen molar-refractivity contribution in [2.45, 2.75) is 18.2 Å².